The van der Waals surface area contributed by atoms with Crippen LogP contribution in [0.5, 0.6) is 0 Å². The molecule has 1 amide bonds. The van der Waals surface area contributed by atoms with Gasteiger partial charge in [-0.15, -0.1) is 0 Å². The first-order valence-corrected chi connectivity index (χ1v) is 6.04. The third-order valence-electron chi connectivity index (χ3n) is 2.61. The molecule has 0 fully saturated rings. The average molecular weight is 219 g/mol. The van der Waals surface area contributed by atoms with Crippen LogP contribution in [0.1, 0.15) is 37.3 Å². The summed E-state index contributed by atoms with van der Waals surface area (Å²) in [6.07, 6.45) is 3.63. The molecule has 0 unspecified atom stereocenters. The minimum Gasteiger partial charge on any atom is -0.356 e. The molecule has 1 aromatic rings. The molecule has 1 N–H and O–H groups in total. The van der Waals surface area contributed by atoms with Crippen molar-refractivity contribution in [2.75, 3.05) is 6.54 Å². The van der Waals surface area contributed by atoms with Crippen LogP contribution in [-0.4, -0.2) is 12.5 Å². The highest BCUT2D eigenvalue weighted by molar-refractivity contribution is 5.75. The molecule has 0 atom stereocenters. The molecule has 0 radical (unpaired) electrons. The van der Waals surface area contributed by atoms with Crippen LogP contribution in [0, 0.1) is 6.92 Å². The van der Waals surface area contributed by atoms with E-state index in [-0.39, 0.29) is 5.91 Å². The fourth-order valence-corrected chi connectivity index (χ4v) is 1.53. The van der Waals surface area contributed by atoms with E-state index < -0.39 is 0 Å². The Morgan fingerprint density at radius 3 is 2.56 bits per heavy atom. The standard InChI is InChI=1S/C14H21NO/c1-3-4-5-14(16)15-11-10-13-8-6-12(2)7-9-13/h6-9H,3-5,10-11H2,1-2H3,(H,15,16). The lowest BCUT2D eigenvalue weighted by Crippen LogP contribution is -2.25. The van der Waals surface area contributed by atoms with Crippen LogP contribution < -0.4 is 5.32 Å². The van der Waals surface area contributed by atoms with Gasteiger partial charge in [-0.05, 0) is 25.3 Å². The zero-order valence-corrected chi connectivity index (χ0v) is 10.3. The summed E-state index contributed by atoms with van der Waals surface area (Å²) in [7, 11) is 0. The van der Waals surface area contributed by atoms with Crippen LogP contribution in [0.4, 0.5) is 0 Å². The predicted molar refractivity (Wildman–Crippen MR) is 67.4 cm³/mol. The maximum atomic E-state index is 11.3. The summed E-state index contributed by atoms with van der Waals surface area (Å²) in [5.74, 6) is 0.175. The van der Waals surface area contributed by atoms with Gasteiger partial charge in [0.1, 0.15) is 0 Å². The fourth-order valence-electron chi connectivity index (χ4n) is 1.53. The molecule has 2 heteroatoms. The largest absolute Gasteiger partial charge is 0.356 e. The van der Waals surface area contributed by atoms with Gasteiger partial charge in [0.2, 0.25) is 5.91 Å². The molecule has 1 aromatic carbocycles. The monoisotopic (exact) mass is 219 g/mol. The SMILES string of the molecule is CCCCC(=O)NCCc1ccc(C)cc1. The molecule has 0 saturated carbocycles. The van der Waals surface area contributed by atoms with E-state index in [4.69, 9.17) is 0 Å². The second kappa shape index (κ2) is 7.04. The quantitative estimate of drug-likeness (QED) is 0.783. The zero-order valence-electron chi connectivity index (χ0n) is 10.3. The first-order valence-electron chi connectivity index (χ1n) is 6.04. The van der Waals surface area contributed by atoms with Crippen molar-refractivity contribution in [3.63, 3.8) is 0 Å². The Hall–Kier alpha value is -1.31. The second-order valence-electron chi connectivity index (χ2n) is 4.19. The molecule has 0 spiro atoms. The maximum Gasteiger partial charge on any atom is 0.220 e. The third-order valence-corrected chi connectivity index (χ3v) is 2.61. The number of hydrogen-bond donors (Lipinski definition) is 1. The number of carbonyl (C=O) groups is 1. The number of rotatable bonds is 6. The van der Waals surface area contributed by atoms with Crippen molar-refractivity contribution in [1.29, 1.82) is 0 Å². The average Bonchev–Trinajstić information content (AvgIpc) is 2.29. The fraction of sp³-hybridized carbons (Fsp3) is 0.500. The van der Waals surface area contributed by atoms with E-state index >= 15 is 0 Å². The van der Waals surface area contributed by atoms with Gasteiger partial charge in [-0.3, -0.25) is 4.79 Å². The Morgan fingerprint density at radius 1 is 1.25 bits per heavy atom. The van der Waals surface area contributed by atoms with Crippen LogP contribution in [0.3, 0.4) is 0 Å². The summed E-state index contributed by atoms with van der Waals surface area (Å²) < 4.78 is 0. The Morgan fingerprint density at radius 2 is 1.94 bits per heavy atom. The Bertz CT molecular complexity index is 316. The number of hydrogen-bond acceptors (Lipinski definition) is 1. The van der Waals surface area contributed by atoms with Crippen molar-refractivity contribution in [1.82, 2.24) is 5.32 Å². The number of amides is 1. The van der Waals surface area contributed by atoms with E-state index in [0.29, 0.717) is 6.42 Å². The van der Waals surface area contributed by atoms with Crippen LogP contribution in [0.25, 0.3) is 0 Å². The summed E-state index contributed by atoms with van der Waals surface area (Å²) >= 11 is 0. The van der Waals surface area contributed by atoms with Gasteiger partial charge in [0, 0.05) is 13.0 Å². The van der Waals surface area contributed by atoms with Crippen LogP contribution in [0.2, 0.25) is 0 Å². The van der Waals surface area contributed by atoms with Gasteiger partial charge in [0.05, 0.1) is 0 Å². The molecular weight excluding hydrogens is 198 g/mol. The van der Waals surface area contributed by atoms with E-state index in [9.17, 15) is 4.79 Å². The van der Waals surface area contributed by atoms with E-state index in [0.717, 1.165) is 25.8 Å². The van der Waals surface area contributed by atoms with Crippen LogP contribution in [0.15, 0.2) is 24.3 Å². The summed E-state index contributed by atoms with van der Waals surface area (Å²) in [6, 6.07) is 8.45. The molecule has 88 valence electrons. The van der Waals surface area contributed by atoms with Crippen molar-refractivity contribution >= 4 is 5.91 Å². The number of carbonyl (C=O) groups excluding carboxylic acids is 1. The smallest absolute Gasteiger partial charge is 0.220 e. The lowest BCUT2D eigenvalue weighted by molar-refractivity contribution is -0.121. The highest BCUT2D eigenvalue weighted by atomic mass is 16.1. The Balaban J connectivity index is 2.20. The third kappa shape index (κ3) is 4.96. The van der Waals surface area contributed by atoms with Crippen molar-refractivity contribution < 1.29 is 4.79 Å². The summed E-state index contributed by atoms with van der Waals surface area (Å²) in [5, 5.41) is 2.94. The first kappa shape index (κ1) is 12.8. The van der Waals surface area contributed by atoms with E-state index in [1.165, 1.54) is 11.1 Å². The van der Waals surface area contributed by atoms with Gasteiger partial charge in [-0.25, -0.2) is 0 Å². The Kier molecular flexibility index (Phi) is 5.62. The topological polar surface area (TPSA) is 29.1 Å². The van der Waals surface area contributed by atoms with Crippen molar-refractivity contribution in [3.8, 4) is 0 Å². The minimum atomic E-state index is 0.175. The van der Waals surface area contributed by atoms with Gasteiger partial charge in [0.15, 0.2) is 0 Å². The highest BCUT2D eigenvalue weighted by Crippen LogP contribution is 2.03. The molecule has 1 rings (SSSR count). The number of aryl methyl sites for hydroxylation is 1. The van der Waals surface area contributed by atoms with E-state index in [1.54, 1.807) is 0 Å². The second-order valence-corrected chi connectivity index (χ2v) is 4.19. The molecule has 0 aromatic heterocycles. The van der Waals surface area contributed by atoms with E-state index in [2.05, 4.69) is 43.4 Å². The van der Waals surface area contributed by atoms with Crippen LogP contribution >= 0.6 is 0 Å². The Labute approximate surface area is 98.1 Å². The highest BCUT2D eigenvalue weighted by Gasteiger charge is 1.99. The lowest BCUT2D eigenvalue weighted by atomic mass is 10.1. The summed E-state index contributed by atoms with van der Waals surface area (Å²) in [4.78, 5) is 11.3. The molecule has 0 heterocycles. The summed E-state index contributed by atoms with van der Waals surface area (Å²) in [5.41, 5.74) is 2.55. The molecular formula is C14H21NO. The van der Waals surface area contributed by atoms with Gasteiger partial charge in [0.25, 0.3) is 0 Å². The van der Waals surface area contributed by atoms with Gasteiger partial charge in [-0.1, -0.05) is 43.2 Å². The zero-order chi connectivity index (χ0) is 11.8. The number of unbranched alkanes of at least 4 members (excludes halogenated alkanes) is 1. The molecule has 0 saturated heterocycles. The number of benzene rings is 1. The van der Waals surface area contributed by atoms with Crippen molar-refractivity contribution in [3.05, 3.63) is 35.4 Å². The molecule has 16 heavy (non-hydrogen) atoms. The lowest BCUT2D eigenvalue weighted by Gasteiger charge is -2.05. The van der Waals surface area contributed by atoms with Gasteiger partial charge < -0.3 is 5.32 Å². The molecule has 0 aliphatic rings. The predicted octanol–water partition coefficient (Wildman–Crippen LogP) is 2.84. The van der Waals surface area contributed by atoms with Crippen molar-refractivity contribution in [2.24, 2.45) is 0 Å². The van der Waals surface area contributed by atoms with Gasteiger partial charge in [-0.2, -0.15) is 0 Å². The molecule has 0 aliphatic carbocycles. The molecule has 0 bridgehead atoms. The minimum absolute atomic E-state index is 0.175. The van der Waals surface area contributed by atoms with Crippen molar-refractivity contribution in [2.45, 2.75) is 39.5 Å². The van der Waals surface area contributed by atoms with Gasteiger partial charge >= 0.3 is 0 Å². The first-order chi connectivity index (χ1) is 7.72. The van der Waals surface area contributed by atoms with E-state index in [1.807, 2.05) is 0 Å². The van der Waals surface area contributed by atoms with Crippen LogP contribution in [-0.2, 0) is 11.2 Å². The molecule has 0 aliphatic heterocycles. The number of nitrogens with one attached hydrogen (secondary N) is 1. The maximum absolute atomic E-state index is 11.3. The summed E-state index contributed by atoms with van der Waals surface area (Å²) in [6.45, 7) is 4.92. The molecule has 2 nitrogen and oxygen atoms in total. The normalized spacial score (nSPS) is 10.1.